The van der Waals surface area contributed by atoms with E-state index in [-0.39, 0.29) is 29.7 Å². The van der Waals surface area contributed by atoms with Crippen LogP contribution in [0.3, 0.4) is 0 Å². The molecule has 0 radical (unpaired) electrons. The molecule has 0 aliphatic carbocycles. The van der Waals surface area contributed by atoms with Gasteiger partial charge in [0.25, 0.3) is 0 Å². The summed E-state index contributed by atoms with van der Waals surface area (Å²) in [6.07, 6.45) is 1.31. The fourth-order valence-electron chi connectivity index (χ4n) is 4.81. The van der Waals surface area contributed by atoms with E-state index in [9.17, 15) is 13.2 Å². The lowest BCUT2D eigenvalue weighted by atomic mass is 10.1. The second-order valence-electron chi connectivity index (χ2n) is 9.68. The van der Waals surface area contributed by atoms with Crippen molar-refractivity contribution in [2.45, 2.75) is 26.3 Å². The first kappa shape index (κ1) is 24.4. The number of benzene rings is 2. The third-order valence-electron chi connectivity index (χ3n) is 6.82. The number of ether oxygens (including phenoxy) is 1. The van der Waals surface area contributed by atoms with Gasteiger partial charge in [-0.15, -0.1) is 0 Å². The van der Waals surface area contributed by atoms with Crippen LogP contribution >= 0.6 is 0 Å². The van der Waals surface area contributed by atoms with E-state index in [0.29, 0.717) is 41.5 Å². The molecule has 3 heterocycles. The molecule has 2 aliphatic rings. The molecule has 36 heavy (non-hydrogen) atoms. The van der Waals surface area contributed by atoms with Gasteiger partial charge < -0.3 is 19.4 Å². The molecule has 9 heteroatoms. The smallest absolute Gasteiger partial charge is 0.178 e. The average Bonchev–Trinajstić information content (AvgIpc) is 2.85. The van der Waals surface area contributed by atoms with Crippen molar-refractivity contribution in [3.8, 4) is 17.0 Å². The largest absolute Gasteiger partial charge is 0.486 e. The molecule has 0 saturated carbocycles. The number of fused-ring (bicyclic) bond motifs is 1. The van der Waals surface area contributed by atoms with Gasteiger partial charge in [0.15, 0.2) is 17.4 Å². The van der Waals surface area contributed by atoms with Crippen LogP contribution < -0.4 is 14.5 Å². The molecule has 0 spiro atoms. The first-order chi connectivity index (χ1) is 17.3. The summed E-state index contributed by atoms with van der Waals surface area (Å²) in [6.45, 7) is 8.34. The SMILES string of the molecule is CC(C)N1CCOc2c(F)cc(-c3nc(Cc4ccc(N5CCN(C)CC5)c(F)c4)ncc3F)cc21. The van der Waals surface area contributed by atoms with Gasteiger partial charge in [0.1, 0.15) is 23.9 Å². The summed E-state index contributed by atoms with van der Waals surface area (Å²) in [5.74, 6) is -1.01. The van der Waals surface area contributed by atoms with Crippen LogP contribution in [0.2, 0.25) is 0 Å². The van der Waals surface area contributed by atoms with Gasteiger partial charge >= 0.3 is 0 Å². The third-order valence-corrected chi connectivity index (χ3v) is 6.82. The maximum atomic E-state index is 14.9. The number of likely N-dealkylation sites (N-methyl/N-ethyl adjacent to an activating group) is 1. The fourth-order valence-corrected chi connectivity index (χ4v) is 4.81. The second-order valence-corrected chi connectivity index (χ2v) is 9.68. The number of piperazine rings is 1. The van der Waals surface area contributed by atoms with Gasteiger partial charge in [0, 0.05) is 44.2 Å². The Bertz CT molecular complexity index is 1260. The summed E-state index contributed by atoms with van der Waals surface area (Å²) >= 11 is 0. The minimum absolute atomic E-state index is 0.00510. The van der Waals surface area contributed by atoms with Crippen molar-refractivity contribution in [1.82, 2.24) is 14.9 Å². The molecule has 0 atom stereocenters. The van der Waals surface area contributed by atoms with Crippen LogP contribution in [0.5, 0.6) is 5.75 Å². The van der Waals surface area contributed by atoms with Gasteiger partial charge in [0.2, 0.25) is 0 Å². The number of hydrogen-bond donors (Lipinski definition) is 0. The predicted molar refractivity (Wildman–Crippen MR) is 134 cm³/mol. The van der Waals surface area contributed by atoms with E-state index >= 15 is 0 Å². The van der Waals surface area contributed by atoms with Gasteiger partial charge in [-0.3, -0.25) is 0 Å². The first-order valence-corrected chi connectivity index (χ1v) is 12.3. The minimum Gasteiger partial charge on any atom is -0.486 e. The van der Waals surface area contributed by atoms with Crippen LogP contribution in [0.25, 0.3) is 11.3 Å². The van der Waals surface area contributed by atoms with Gasteiger partial charge in [0.05, 0.1) is 24.1 Å². The Kier molecular flexibility index (Phi) is 6.75. The molecule has 0 amide bonds. The number of nitrogens with zero attached hydrogens (tertiary/aromatic N) is 5. The van der Waals surface area contributed by atoms with Gasteiger partial charge in [-0.1, -0.05) is 6.07 Å². The van der Waals surface area contributed by atoms with Crippen LogP contribution in [0.15, 0.2) is 36.5 Å². The van der Waals surface area contributed by atoms with Crippen molar-refractivity contribution in [3.05, 3.63) is 65.4 Å². The van der Waals surface area contributed by atoms with Crippen LogP contribution in [0.4, 0.5) is 24.5 Å². The van der Waals surface area contributed by atoms with Crippen molar-refractivity contribution in [3.63, 3.8) is 0 Å². The highest BCUT2D eigenvalue weighted by Crippen LogP contribution is 2.39. The average molecular weight is 498 g/mol. The molecule has 0 unspecified atom stereocenters. The number of halogens is 3. The molecular formula is C27H30F3N5O. The van der Waals surface area contributed by atoms with Crippen LogP contribution in [-0.2, 0) is 6.42 Å². The summed E-state index contributed by atoms with van der Waals surface area (Å²) in [4.78, 5) is 14.8. The summed E-state index contributed by atoms with van der Waals surface area (Å²) in [5.41, 5.74) is 2.14. The molecule has 3 aromatic rings. The molecule has 2 aliphatic heterocycles. The number of aromatic nitrogens is 2. The minimum atomic E-state index is -0.650. The topological polar surface area (TPSA) is 44.7 Å². The molecule has 5 rings (SSSR count). The Morgan fingerprint density at radius 1 is 0.917 bits per heavy atom. The number of rotatable bonds is 5. The van der Waals surface area contributed by atoms with Crippen LogP contribution in [0.1, 0.15) is 25.2 Å². The van der Waals surface area contributed by atoms with Crippen LogP contribution in [0, 0.1) is 17.5 Å². The summed E-state index contributed by atoms with van der Waals surface area (Å²) in [6, 6.07) is 8.17. The van der Waals surface area contributed by atoms with E-state index in [1.165, 1.54) is 12.1 Å². The third kappa shape index (κ3) is 4.84. The Morgan fingerprint density at radius 3 is 2.42 bits per heavy atom. The standard InChI is InChI=1S/C27H30F3N5O/c1-17(2)35-10-11-36-27-21(29)14-19(15-24(27)35)26-22(30)16-31-25(32-26)13-18-4-5-23(20(28)12-18)34-8-6-33(3)7-9-34/h4-5,12,14-17H,6-11,13H2,1-3H3. The lowest BCUT2D eigenvalue weighted by Gasteiger charge is -2.34. The summed E-state index contributed by atoms with van der Waals surface area (Å²) in [7, 11) is 2.06. The molecule has 0 N–H and O–H groups in total. The molecule has 0 bridgehead atoms. The van der Waals surface area contributed by atoms with Gasteiger partial charge in [-0.2, -0.15) is 0 Å². The Labute approximate surface area is 209 Å². The first-order valence-electron chi connectivity index (χ1n) is 12.3. The second kappa shape index (κ2) is 9.97. The van der Waals surface area contributed by atoms with E-state index in [2.05, 4.69) is 21.9 Å². The van der Waals surface area contributed by atoms with Crippen LogP contribution in [-0.4, -0.2) is 67.3 Å². The Balaban J connectivity index is 1.41. The molecule has 6 nitrogen and oxygen atoms in total. The van der Waals surface area contributed by atoms with E-state index in [0.717, 1.165) is 32.4 Å². The highest BCUT2D eigenvalue weighted by Gasteiger charge is 2.26. The van der Waals surface area contributed by atoms with Gasteiger partial charge in [-0.25, -0.2) is 23.1 Å². The zero-order chi connectivity index (χ0) is 25.4. The molecule has 190 valence electrons. The molecule has 1 aromatic heterocycles. The van der Waals surface area contributed by atoms with Crippen molar-refractivity contribution in [2.75, 3.05) is 56.2 Å². The normalized spacial score (nSPS) is 16.3. The molecule has 1 fully saturated rings. The molecule has 1 saturated heterocycles. The predicted octanol–water partition coefficient (Wildman–Crippen LogP) is 4.51. The molecule has 2 aromatic carbocycles. The lowest BCUT2D eigenvalue weighted by Crippen LogP contribution is -2.44. The maximum Gasteiger partial charge on any atom is 0.178 e. The summed E-state index contributed by atoms with van der Waals surface area (Å²) < 4.78 is 50.2. The monoisotopic (exact) mass is 497 g/mol. The zero-order valence-electron chi connectivity index (χ0n) is 20.8. The highest BCUT2D eigenvalue weighted by atomic mass is 19.1. The van der Waals surface area contributed by atoms with E-state index in [1.54, 1.807) is 12.1 Å². The van der Waals surface area contributed by atoms with Crippen molar-refractivity contribution < 1.29 is 17.9 Å². The fraction of sp³-hybridized carbons (Fsp3) is 0.407. The lowest BCUT2D eigenvalue weighted by molar-refractivity contribution is 0.287. The Morgan fingerprint density at radius 2 is 1.69 bits per heavy atom. The number of anilines is 2. The summed E-state index contributed by atoms with van der Waals surface area (Å²) in [5, 5.41) is 0. The van der Waals surface area contributed by atoms with Crippen molar-refractivity contribution >= 4 is 11.4 Å². The van der Waals surface area contributed by atoms with E-state index in [4.69, 9.17) is 4.74 Å². The quantitative estimate of drug-likeness (QED) is 0.517. The molecular weight excluding hydrogens is 467 g/mol. The van der Waals surface area contributed by atoms with Crippen molar-refractivity contribution in [1.29, 1.82) is 0 Å². The van der Waals surface area contributed by atoms with Gasteiger partial charge in [-0.05, 0) is 50.7 Å². The zero-order valence-corrected chi connectivity index (χ0v) is 20.8. The number of hydrogen-bond acceptors (Lipinski definition) is 6. The Hall–Kier alpha value is -3.33. The van der Waals surface area contributed by atoms with E-state index < -0.39 is 11.6 Å². The maximum absolute atomic E-state index is 14.9. The van der Waals surface area contributed by atoms with E-state index in [1.807, 2.05) is 29.7 Å². The highest BCUT2D eigenvalue weighted by molar-refractivity contribution is 5.72. The van der Waals surface area contributed by atoms with Crippen molar-refractivity contribution in [2.24, 2.45) is 0 Å².